The van der Waals surface area contributed by atoms with Gasteiger partial charge in [-0.2, -0.15) is 0 Å². The zero-order valence-corrected chi connectivity index (χ0v) is 15.4. The Balaban J connectivity index is 0.00000264. The van der Waals surface area contributed by atoms with Crippen LogP contribution in [0.3, 0.4) is 0 Å². The number of amides is 1. The second-order valence-corrected chi connectivity index (χ2v) is 5.77. The molecule has 0 aromatic carbocycles. The van der Waals surface area contributed by atoms with Gasteiger partial charge in [-0.05, 0) is 32.3 Å². The van der Waals surface area contributed by atoms with E-state index < -0.39 is 0 Å². The molecule has 1 saturated heterocycles. The molecule has 1 aromatic rings. The lowest BCUT2D eigenvalue weighted by atomic mass is 9.97. The molecule has 23 heavy (non-hydrogen) atoms. The first-order valence-electron chi connectivity index (χ1n) is 8.00. The SMILES string of the molecule is CCOC(=O)C1CCN(C(=O)CC[n+]2ccc(C)cc2)CC1.[Br-]. The minimum absolute atomic E-state index is 0. The molecule has 0 saturated carbocycles. The number of pyridine rings is 1. The summed E-state index contributed by atoms with van der Waals surface area (Å²) < 4.78 is 7.07. The van der Waals surface area contributed by atoms with Gasteiger partial charge in [0, 0.05) is 25.2 Å². The number of hydrogen-bond acceptors (Lipinski definition) is 3. The van der Waals surface area contributed by atoms with Crippen molar-refractivity contribution in [3.63, 3.8) is 0 Å². The van der Waals surface area contributed by atoms with Gasteiger partial charge in [0.05, 0.1) is 18.9 Å². The van der Waals surface area contributed by atoms with Crippen molar-refractivity contribution in [2.24, 2.45) is 5.92 Å². The summed E-state index contributed by atoms with van der Waals surface area (Å²) in [5.74, 6) is -0.00401. The van der Waals surface area contributed by atoms with Gasteiger partial charge in [0.15, 0.2) is 18.9 Å². The molecule has 1 aliphatic rings. The fraction of sp³-hybridized carbons (Fsp3) is 0.588. The van der Waals surface area contributed by atoms with Gasteiger partial charge < -0.3 is 26.6 Å². The van der Waals surface area contributed by atoms with Crippen molar-refractivity contribution < 1.29 is 35.9 Å². The number of halogens is 1. The van der Waals surface area contributed by atoms with Gasteiger partial charge in [-0.3, -0.25) is 9.59 Å². The summed E-state index contributed by atoms with van der Waals surface area (Å²) in [7, 11) is 0. The molecule has 1 aromatic heterocycles. The molecule has 1 aliphatic heterocycles. The summed E-state index contributed by atoms with van der Waals surface area (Å²) in [5, 5.41) is 0. The zero-order valence-electron chi connectivity index (χ0n) is 13.8. The third-order valence-corrected chi connectivity index (χ3v) is 4.11. The van der Waals surface area contributed by atoms with Crippen molar-refractivity contribution in [2.45, 2.75) is 39.7 Å². The van der Waals surface area contributed by atoms with Crippen molar-refractivity contribution in [3.8, 4) is 0 Å². The van der Waals surface area contributed by atoms with E-state index in [1.807, 2.05) is 47.8 Å². The van der Waals surface area contributed by atoms with E-state index in [0.717, 1.165) is 0 Å². The van der Waals surface area contributed by atoms with E-state index in [4.69, 9.17) is 4.74 Å². The monoisotopic (exact) mass is 384 g/mol. The van der Waals surface area contributed by atoms with Crippen molar-refractivity contribution in [1.82, 2.24) is 4.90 Å². The van der Waals surface area contributed by atoms with Crippen LogP contribution >= 0.6 is 0 Å². The molecule has 0 bridgehead atoms. The second-order valence-electron chi connectivity index (χ2n) is 5.77. The fourth-order valence-electron chi connectivity index (χ4n) is 2.69. The van der Waals surface area contributed by atoms with Crippen LogP contribution in [0.15, 0.2) is 24.5 Å². The highest BCUT2D eigenvalue weighted by Gasteiger charge is 2.28. The molecule has 0 radical (unpaired) electrons. The first-order valence-corrected chi connectivity index (χ1v) is 8.00. The highest BCUT2D eigenvalue weighted by Crippen LogP contribution is 2.19. The molecule has 0 N–H and O–H groups in total. The zero-order chi connectivity index (χ0) is 15.9. The van der Waals surface area contributed by atoms with Crippen LogP contribution in [0.25, 0.3) is 0 Å². The number of carbonyl (C=O) groups excluding carboxylic acids is 2. The van der Waals surface area contributed by atoms with Gasteiger partial charge in [-0.1, -0.05) is 0 Å². The third-order valence-electron chi connectivity index (χ3n) is 4.11. The lowest BCUT2D eigenvalue weighted by molar-refractivity contribution is -0.696. The van der Waals surface area contributed by atoms with Gasteiger partial charge in [-0.15, -0.1) is 0 Å². The van der Waals surface area contributed by atoms with Gasteiger partial charge in [0.2, 0.25) is 5.91 Å². The Kier molecular flexibility index (Phi) is 8.23. The Labute approximate surface area is 148 Å². The smallest absolute Gasteiger partial charge is 0.309 e. The molecule has 2 rings (SSSR count). The molecule has 5 nitrogen and oxygen atoms in total. The average molecular weight is 385 g/mol. The largest absolute Gasteiger partial charge is 1.00 e. The topological polar surface area (TPSA) is 50.5 Å². The summed E-state index contributed by atoms with van der Waals surface area (Å²) in [4.78, 5) is 25.8. The lowest BCUT2D eigenvalue weighted by Crippen LogP contribution is -3.00. The highest BCUT2D eigenvalue weighted by molar-refractivity contribution is 5.77. The number of aryl methyl sites for hydroxylation is 2. The molecule has 0 aliphatic carbocycles. The summed E-state index contributed by atoms with van der Waals surface area (Å²) in [6.45, 7) is 6.28. The Hall–Kier alpha value is -1.43. The number of piperidine rings is 1. The minimum atomic E-state index is -0.121. The molecule has 0 atom stereocenters. The number of hydrogen-bond donors (Lipinski definition) is 0. The molecular formula is C17H25BrN2O3. The molecule has 1 amide bonds. The van der Waals surface area contributed by atoms with E-state index in [-0.39, 0.29) is 34.8 Å². The van der Waals surface area contributed by atoms with Crippen molar-refractivity contribution in [2.75, 3.05) is 19.7 Å². The highest BCUT2D eigenvalue weighted by atomic mass is 79.9. The van der Waals surface area contributed by atoms with Crippen LogP contribution in [0.5, 0.6) is 0 Å². The van der Waals surface area contributed by atoms with Gasteiger partial charge >= 0.3 is 5.97 Å². The number of ether oxygens (including phenoxy) is 1. The van der Waals surface area contributed by atoms with E-state index >= 15 is 0 Å². The summed E-state index contributed by atoms with van der Waals surface area (Å²) in [6.07, 6.45) is 5.91. The summed E-state index contributed by atoms with van der Waals surface area (Å²) >= 11 is 0. The van der Waals surface area contributed by atoms with E-state index in [1.165, 1.54) is 5.56 Å². The average Bonchev–Trinajstić information content (AvgIpc) is 2.54. The molecule has 6 heteroatoms. The number of esters is 1. The Morgan fingerprint density at radius 1 is 1.26 bits per heavy atom. The lowest BCUT2D eigenvalue weighted by Gasteiger charge is -2.30. The van der Waals surface area contributed by atoms with Crippen molar-refractivity contribution in [1.29, 1.82) is 0 Å². The number of nitrogens with zero attached hydrogens (tertiary/aromatic N) is 2. The number of carbonyl (C=O) groups is 2. The predicted octanol–water partition coefficient (Wildman–Crippen LogP) is -1.52. The van der Waals surface area contributed by atoms with Crippen LogP contribution < -0.4 is 21.5 Å². The Bertz CT molecular complexity index is 511. The standard InChI is InChI=1S/C17H25N2O3.BrH/c1-3-22-17(21)15-6-12-19(13-7-15)16(20)8-11-18-9-4-14(2)5-10-18;/h4-5,9-10,15H,3,6-8,11-13H2,1-2H3;1H/q+1;/p-1. The fourth-order valence-corrected chi connectivity index (χ4v) is 2.69. The normalized spacial score (nSPS) is 15.0. The van der Waals surface area contributed by atoms with Crippen LogP contribution in [0.1, 0.15) is 31.7 Å². The molecule has 0 spiro atoms. The number of likely N-dealkylation sites (tertiary alicyclic amines) is 1. The van der Waals surface area contributed by atoms with Crippen molar-refractivity contribution in [3.05, 3.63) is 30.1 Å². The number of aromatic nitrogens is 1. The van der Waals surface area contributed by atoms with E-state index in [1.54, 1.807) is 0 Å². The van der Waals surface area contributed by atoms with Crippen LogP contribution in [-0.2, 0) is 20.9 Å². The maximum Gasteiger partial charge on any atom is 0.309 e. The maximum atomic E-state index is 12.2. The molecule has 2 heterocycles. The third kappa shape index (κ3) is 5.94. The minimum Gasteiger partial charge on any atom is -1.00 e. The van der Waals surface area contributed by atoms with E-state index in [0.29, 0.717) is 45.5 Å². The van der Waals surface area contributed by atoms with Crippen LogP contribution in [0, 0.1) is 12.8 Å². The van der Waals surface area contributed by atoms with Crippen LogP contribution in [-0.4, -0.2) is 36.5 Å². The number of rotatable bonds is 5. The summed E-state index contributed by atoms with van der Waals surface area (Å²) in [6, 6.07) is 4.07. The van der Waals surface area contributed by atoms with E-state index in [2.05, 4.69) is 0 Å². The predicted molar refractivity (Wildman–Crippen MR) is 81.9 cm³/mol. The van der Waals surface area contributed by atoms with Gasteiger partial charge in [0.25, 0.3) is 0 Å². The first-order chi connectivity index (χ1) is 10.6. The summed E-state index contributed by atoms with van der Waals surface area (Å²) in [5.41, 5.74) is 1.21. The quantitative estimate of drug-likeness (QED) is 0.457. The molecule has 0 unspecified atom stereocenters. The second kappa shape index (κ2) is 9.65. The van der Waals surface area contributed by atoms with Gasteiger partial charge in [-0.25, -0.2) is 4.57 Å². The van der Waals surface area contributed by atoms with Gasteiger partial charge in [0.1, 0.15) is 0 Å². The Morgan fingerprint density at radius 2 is 1.87 bits per heavy atom. The molecule has 1 fully saturated rings. The van der Waals surface area contributed by atoms with E-state index in [9.17, 15) is 9.59 Å². The molecular weight excluding hydrogens is 360 g/mol. The maximum absolute atomic E-state index is 12.2. The Morgan fingerprint density at radius 3 is 2.43 bits per heavy atom. The van der Waals surface area contributed by atoms with Crippen LogP contribution in [0.2, 0.25) is 0 Å². The molecule has 128 valence electrons. The van der Waals surface area contributed by atoms with Crippen molar-refractivity contribution >= 4 is 11.9 Å². The first kappa shape index (κ1) is 19.6. The van der Waals surface area contributed by atoms with Crippen LogP contribution in [0.4, 0.5) is 0 Å².